The SMILES string of the molecule is Cc1[nH]c2c(C#N)ccc(N3CCC[C@H](N(Cc4ccccc4)C(=O)O)C3)c2c1C. The highest BCUT2D eigenvalue weighted by Gasteiger charge is 2.30. The van der Waals surface area contributed by atoms with Crippen LogP contribution in [-0.2, 0) is 6.54 Å². The summed E-state index contributed by atoms with van der Waals surface area (Å²) in [5.74, 6) is 0. The van der Waals surface area contributed by atoms with E-state index in [-0.39, 0.29) is 6.04 Å². The van der Waals surface area contributed by atoms with E-state index < -0.39 is 6.09 Å². The molecule has 2 aromatic carbocycles. The maximum absolute atomic E-state index is 12.1. The Bertz CT molecular complexity index is 1110. The van der Waals surface area contributed by atoms with Gasteiger partial charge in [-0.1, -0.05) is 30.3 Å². The fourth-order valence-electron chi connectivity index (χ4n) is 4.49. The summed E-state index contributed by atoms with van der Waals surface area (Å²) in [5, 5.41) is 20.5. The lowest BCUT2D eigenvalue weighted by atomic mass is 10.00. The van der Waals surface area contributed by atoms with Crippen molar-refractivity contribution in [2.75, 3.05) is 18.0 Å². The number of amides is 1. The van der Waals surface area contributed by atoms with Crippen molar-refractivity contribution in [2.45, 2.75) is 39.3 Å². The van der Waals surface area contributed by atoms with E-state index in [4.69, 9.17) is 0 Å². The van der Waals surface area contributed by atoms with E-state index in [1.165, 1.54) is 0 Å². The summed E-state index contributed by atoms with van der Waals surface area (Å²) in [6.45, 7) is 5.99. The summed E-state index contributed by atoms with van der Waals surface area (Å²) in [6, 6.07) is 15.8. The van der Waals surface area contributed by atoms with Crippen LogP contribution in [0, 0.1) is 25.2 Å². The van der Waals surface area contributed by atoms with E-state index in [2.05, 4.69) is 22.9 Å². The molecule has 4 rings (SSSR count). The molecule has 1 atom stereocenters. The molecule has 1 aliphatic heterocycles. The minimum atomic E-state index is -0.885. The van der Waals surface area contributed by atoms with Crippen LogP contribution in [0.4, 0.5) is 10.5 Å². The van der Waals surface area contributed by atoms with Crippen LogP contribution in [0.1, 0.15) is 35.2 Å². The molecule has 3 aromatic rings. The maximum atomic E-state index is 12.1. The van der Waals surface area contributed by atoms with Crippen molar-refractivity contribution in [1.82, 2.24) is 9.88 Å². The van der Waals surface area contributed by atoms with Crippen LogP contribution >= 0.6 is 0 Å². The lowest BCUT2D eigenvalue weighted by Gasteiger charge is -2.39. The molecule has 0 radical (unpaired) electrons. The Morgan fingerprint density at radius 3 is 2.73 bits per heavy atom. The number of anilines is 1. The second kappa shape index (κ2) is 8.11. The van der Waals surface area contributed by atoms with Crippen molar-refractivity contribution in [3.05, 3.63) is 64.8 Å². The van der Waals surface area contributed by atoms with Crippen LogP contribution in [0.25, 0.3) is 10.9 Å². The van der Waals surface area contributed by atoms with Crippen molar-refractivity contribution in [3.63, 3.8) is 0 Å². The van der Waals surface area contributed by atoms with Crippen LogP contribution in [-0.4, -0.2) is 40.2 Å². The second-order valence-electron chi connectivity index (χ2n) is 8.01. The van der Waals surface area contributed by atoms with Crippen molar-refractivity contribution in [1.29, 1.82) is 5.26 Å². The van der Waals surface area contributed by atoms with Gasteiger partial charge in [0.1, 0.15) is 6.07 Å². The summed E-state index contributed by atoms with van der Waals surface area (Å²) in [5.41, 5.74) is 5.76. The van der Waals surface area contributed by atoms with Crippen LogP contribution in [0.15, 0.2) is 42.5 Å². The van der Waals surface area contributed by atoms with E-state index in [1.807, 2.05) is 49.4 Å². The number of H-pyrrole nitrogens is 1. The first-order valence-corrected chi connectivity index (χ1v) is 10.3. The van der Waals surface area contributed by atoms with Gasteiger partial charge in [-0.3, -0.25) is 4.90 Å². The van der Waals surface area contributed by atoms with Gasteiger partial charge in [-0.15, -0.1) is 0 Å². The van der Waals surface area contributed by atoms with Gasteiger partial charge in [-0.25, -0.2) is 4.79 Å². The molecule has 0 bridgehead atoms. The molecular formula is C24H26N4O2. The Balaban J connectivity index is 1.66. The maximum Gasteiger partial charge on any atom is 0.407 e. The monoisotopic (exact) mass is 402 g/mol. The number of piperidine rings is 1. The number of benzene rings is 2. The number of aryl methyl sites for hydroxylation is 2. The Hall–Kier alpha value is -3.46. The molecule has 1 amide bonds. The van der Waals surface area contributed by atoms with Gasteiger partial charge in [-0.2, -0.15) is 5.26 Å². The minimum Gasteiger partial charge on any atom is -0.465 e. The average molecular weight is 402 g/mol. The molecule has 6 nitrogen and oxygen atoms in total. The Labute approximate surface area is 176 Å². The summed E-state index contributed by atoms with van der Waals surface area (Å²) < 4.78 is 0. The zero-order valence-corrected chi connectivity index (χ0v) is 17.4. The van der Waals surface area contributed by atoms with Gasteiger partial charge in [0.25, 0.3) is 0 Å². The standard InChI is InChI=1S/C24H26N4O2/c1-16-17(2)26-23-19(13-25)10-11-21(22(16)23)27-12-6-9-20(15-27)28(24(29)30)14-18-7-4-3-5-8-18/h3-5,7-8,10-11,20,26H,6,9,12,14-15H2,1-2H3,(H,29,30)/t20-/m0/s1. The van der Waals surface area contributed by atoms with Crippen molar-refractivity contribution < 1.29 is 9.90 Å². The van der Waals surface area contributed by atoms with Gasteiger partial charge < -0.3 is 15.0 Å². The van der Waals surface area contributed by atoms with E-state index in [0.29, 0.717) is 18.7 Å². The quantitative estimate of drug-likeness (QED) is 0.656. The average Bonchev–Trinajstić information content (AvgIpc) is 3.06. The van der Waals surface area contributed by atoms with Gasteiger partial charge in [0.2, 0.25) is 0 Å². The first-order valence-electron chi connectivity index (χ1n) is 10.3. The first kappa shape index (κ1) is 19.8. The summed E-state index contributed by atoms with van der Waals surface area (Å²) in [4.78, 5) is 19.3. The third kappa shape index (κ3) is 3.59. The van der Waals surface area contributed by atoms with Gasteiger partial charge in [-0.05, 0) is 49.9 Å². The largest absolute Gasteiger partial charge is 0.465 e. The fraction of sp³-hybridized carbons (Fsp3) is 0.333. The lowest BCUT2D eigenvalue weighted by Crippen LogP contribution is -2.49. The third-order valence-electron chi connectivity index (χ3n) is 6.17. The molecular weight excluding hydrogens is 376 g/mol. The fourth-order valence-corrected chi connectivity index (χ4v) is 4.49. The molecule has 0 saturated carbocycles. The number of carbonyl (C=O) groups is 1. The molecule has 6 heteroatoms. The molecule has 1 aromatic heterocycles. The number of hydrogen-bond donors (Lipinski definition) is 2. The third-order valence-corrected chi connectivity index (χ3v) is 6.17. The normalized spacial score (nSPS) is 16.4. The van der Waals surface area contributed by atoms with Crippen LogP contribution in [0.5, 0.6) is 0 Å². The predicted molar refractivity (Wildman–Crippen MR) is 118 cm³/mol. The van der Waals surface area contributed by atoms with Crippen LogP contribution in [0.2, 0.25) is 0 Å². The van der Waals surface area contributed by atoms with E-state index in [0.717, 1.165) is 52.8 Å². The van der Waals surface area contributed by atoms with Crippen LogP contribution < -0.4 is 4.90 Å². The van der Waals surface area contributed by atoms with Crippen LogP contribution in [0.3, 0.4) is 0 Å². The van der Waals surface area contributed by atoms with Crippen molar-refractivity contribution in [3.8, 4) is 6.07 Å². The Morgan fingerprint density at radius 2 is 2.03 bits per heavy atom. The van der Waals surface area contributed by atoms with Gasteiger partial charge >= 0.3 is 6.09 Å². The zero-order chi connectivity index (χ0) is 21.3. The van der Waals surface area contributed by atoms with E-state index >= 15 is 0 Å². The highest BCUT2D eigenvalue weighted by Crippen LogP contribution is 2.35. The number of nitrogens with zero attached hydrogens (tertiary/aromatic N) is 3. The molecule has 2 N–H and O–H groups in total. The molecule has 1 aliphatic rings. The van der Waals surface area contributed by atoms with Gasteiger partial charge in [0, 0.05) is 36.4 Å². The number of aromatic nitrogens is 1. The first-order chi connectivity index (χ1) is 14.5. The number of aromatic amines is 1. The lowest BCUT2D eigenvalue weighted by molar-refractivity contribution is 0.114. The Morgan fingerprint density at radius 1 is 1.27 bits per heavy atom. The molecule has 1 fully saturated rings. The van der Waals surface area contributed by atoms with E-state index in [9.17, 15) is 15.2 Å². The van der Waals surface area contributed by atoms with Gasteiger partial charge in [0.15, 0.2) is 0 Å². The topological polar surface area (TPSA) is 83.4 Å². The van der Waals surface area contributed by atoms with Crippen molar-refractivity contribution >= 4 is 22.7 Å². The number of nitriles is 1. The minimum absolute atomic E-state index is 0.0810. The molecule has 154 valence electrons. The van der Waals surface area contributed by atoms with Gasteiger partial charge in [0.05, 0.1) is 17.1 Å². The summed E-state index contributed by atoms with van der Waals surface area (Å²) >= 11 is 0. The summed E-state index contributed by atoms with van der Waals surface area (Å²) in [6.07, 6.45) is 0.886. The highest BCUT2D eigenvalue weighted by molar-refractivity contribution is 5.99. The molecule has 0 spiro atoms. The number of carboxylic acid groups (broad SMARTS) is 1. The highest BCUT2D eigenvalue weighted by atomic mass is 16.4. The van der Waals surface area contributed by atoms with E-state index in [1.54, 1.807) is 4.90 Å². The zero-order valence-electron chi connectivity index (χ0n) is 17.4. The Kier molecular flexibility index (Phi) is 5.37. The predicted octanol–water partition coefficient (Wildman–Crippen LogP) is 4.81. The molecule has 2 heterocycles. The second-order valence-corrected chi connectivity index (χ2v) is 8.01. The molecule has 0 aliphatic carbocycles. The number of rotatable bonds is 4. The molecule has 0 unspecified atom stereocenters. The molecule has 30 heavy (non-hydrogen) atoms. The number of hydrogen-bond acceptors (Lipinski definition) is 3. The number of fused-ring (bicyclic) bond motifs is 1. The summed E-state index contributed by atoms with van der Waals surface area (Å²) in [7, 11) is 0. The molecule has 1 saturated heterocycles. The smallest absolute Gasteiger partial charge is 0.407 e. The number of nitrogens with one attached hydrogen (secondary N) is 1. The van der Waals surface area contributed by atoms with Crippen molar-refractivity contribution in [2.24, 2.45) is 0 Å².